The summed E-state index contributed by atoms with van der Waals surface area (Å²) in [6.45, 7) is 4.02. The lowest BCUT2D eigenvalue weighted by Crippen LogP contribution is -1.87. The normalized spacial score (nSPS) is 10.5. The zero-order valence-electron chi connectivity index (χ0n) is 8.95. The van der Waals surface area contributed by atoms with Crippen molar-refractivity contribution < 1.29 is 4.52 Å². The molecule has 78 valence electrons. The van der Waals surface area contributed by atoms with Crippen molar-refractivity contribution in [3.8, 4) is 11.1 Å². The highest BCUT2D eigenvalue weighted by atomic mass is 16.5. The number of nitrogens with zero attached hydrogens (tertiary/aromatic N) is 1. The van der Waals surface area contributed by atoms with Gasteiger partial charge in [-0.3, -0.25) is 0 Å². The SMILES string of the molecule is CCc1ccc(-c2c(C)noc2N)cc1. The van der Waals surface area contributed by atoms with Crippen LogP contribution in [0.15, 0.2) is 28.8 Å². The van der Waals surface area contributed by atoms with Gasteiger partial charge in [0.1, 0.15) is 0 Å². The highest BCUT2D eigenvalue weighted by Crippen LogP contribution is 2.29. The Bertz CT molecular complexity index is 437. The van der Waals surface area contributed by atoms with Crippen molar-refractivity contribution in [3.05, 3.63) is 35.5 Å². The summed E-state index contributed by atoms with van der Waals surface area (Å²) in [5, 5.41) is 3.84. The largest absolute Gasteiger partial charge is 0.367 e. The van der Waals surface area contributed by atoms with Crippen molar-refractivity contribution in [2.24, 2.45) is 0 Å². The minimum Gasteiger partial charge on any atom is -0.367 e. The van der Waals surface area contributed by atoms with Crippen LogP contribution in [0, 0.1) is 6.92 Å². The topological polar surface area (TPSA) is 52.0 Å². The van der Waals surface area contributed by atoms with Crippen molar-refractivity contribution in [1.82, 2.24) is 5.16 Å². The number of hydrogen-bond donors (Lipinski definition) is 1. The van der Waals surface area contributed by atoms with E-state index in [1.54, 1.807) is 0 Å². The summed E-state index contributed by atoms with van der Waals surface area (Å²) in [4.78, 5) is 0. The summed E-state index contributed by atoms with van der Waals surface area (Å²) >= 11 is 0. The van der Waals surface area contributed by atoms with Crippen molar-refractivity contribution in [3.63, 3.8) is 0 Å². The molecule has 0 radical (unpaired) electrons. The average molecular weight is 202 g/mol. The van der Waals surface area contributed by atoms with Gasteiger partial charge in [0.15, 0.2) is 0 Å². The Morgan fingerprint density at radius 1 is 1.27 bits per heavy atom. The molecule has 1 aromatic carbocycles. The van der Waals surface area contributed by atoms with Crippen LogP contribution in [0.5, 0.6) is 0 Å². The summed E-state index contributed by atoms with van der Waals surface area (Å²) in [6, 6.07) is 8.30. The lowest BCUT2D eigenvalue weighted by Gasteiger charge is -2.01. The van der Waals surface area contributed by atoms with E-state index in [1.165, 1.54) is 5.56 Å². The van der Waals surface area contributed by atoms with Gasteiger partial charge in [-0.15, -0.1) is 0 Å². The van der Waals surface area contributed by atoms with Gasteiger partial charge in [0.25, 0.3) is 0 Å². The number of hydrogen-bond acceptors (Lipinski definition) is 3. The molecule has 3 nitrogen and oxygen atoms in total. The molecular weight excluding hydrogens is 188 g/mol. The molecule has 0 unspecified atom stereocenters. The Hall–Kier alpha value is -1.77. The maximum atomic E-state index is 5.71. The van der Waals surface area contributed by atoms with E-state index in [-0.39, 0.29) is 0 Å². The zero-order valence-corrected chi connectivity index (χ0v) is 8.95. The van der Waals surface area contributed by atoms with Crippen LogP contribution in [0.4, 0.5) is 5.88 Å². The highest BCUT2D eigenvalue weighted by Gasteiger charge is 2.11. The van der Waals surface area contributed by atoms with Crippen molar-refractivity contribution >= 4 is 5.88 Å². The first-order valence-corrected chi connectivity index (χ1v) is 5.03. The zero-order chi connectivity index (χ0) is 10.8. The maximum Gasteiger partial charge on any atom is 0.230 e. The Kier molecular flexibility index (Phi) is 2.46. The molecule has 3 heteroatoms. The van der Waals surface area contributed by atoms with Crippen LogP contribution in [0.25, 0.3) is 11.1 Å². The quantitative estimate of drug-likeness (QED) is 0.814. The molecule has 0 aliphatic heterocycles. The molecule has 0 saturated carbocycles. The number of nitrogens with two attached hydrogens (primary N) is 1. The number of benzene rings is 1. The second-order valence-corrected chi connectivity index (χ2v) is 3.56. The third-order valence-corrected chi connectivity index (χ3v) is 2.54. The van der Waals surface area contributed by atoms with E-state index in [4.69, 9.17) is 10.3 Å². The fourth-order valence-corrected chi connectivity index (χ4v) is 1.65. The van der Waals surface area contributed by atoms with E-state index < -0.39 is 0 Å². The minimum atomic E-state index is 0.386. The molecule has 2 aromatic rings. The van der Waals surface area contributed by atoms with Gasteiger partial charge in [-0.25, -0.2) is 0 Å². The van der Waals surface area contributed by atoms with Gasteiger partial charge >= 0.3 is 0 Å². The summed E-state index contributed by atoms with van der Waals surface area (Å²) in [7, 11) is 0. The monoisotopic (exact) mass is 202 g/mol. The minimum absolute atomic E-state index is 0.386. The van der Waals surface area contributed by atoms with E-state index in [0.717, 1.165) is 23.2 Å². The summed E-state index contributed by atoms with van der Waals surface area (Å²) in [6.07, 6.45) is 1.04. The van der Waals surface area contributed by atoms with E-state index in [2.05, 4.69) is 36.3 Å². The number of anilines is 1. The van der Waals surface area contributed by atoms with Crippen molar-refractivity contribution in [2.75, 3.05) is 5.73 Å². The molecule has 1 aromatic heterocycles. The Labute approximate surface area is 88.9 Å². The summed E-state index contributed by atoms with van der Waals surface area (Å²) < 4.78 is 4.93. The third kappa shape index (κ3) is 1.73. The standard InChI is InChI=1S/C12H14N2O/c1-3-9-4-6-10(7-5-9)11-8(2)14-15-12(11)13/h4-7H,3,13H2,1-2H3. The predicted octanol–water partition coefficient (Wildman–Crippen LogP) is 2.79. The van der Waals surface area contributed by atoms with Gasteiger partial charge in [0.05, 0.1) is 11.3 Å². The number of aromatic nitrogens is 1. The molecule has 0 aliphatic carbocycles. The molecule has 0 atom stereocenters. The molecule has 0 fully saturated rings. The van der Waals surface area contributed by atoms with E-state index in [9.17, 15) is 0 Å². The van der Waals surface area contributed by atoms with E-state index in [0.29, 0.717) is 5.88 Å². The molecule has 0 bridgehead atoms. The predicted molar refractivity (Wildman–Crippen MR) is 60.5 cm³/mol. The molecule has 0 saturated heterocycles. The van der Waals surface area contributed by atoms with Gasteiger partial charge in [0.2, 0.25) is 5.88 Å². The van der Waals surface area contributed by atoms with Crippen LogP contribution in [-0.2, 0) is 6.42 Å². The first-order valence-electron chi connectivity index (χ1n) is 5.03. The smallest absolute Gasteiger partial charge is 0.230 e. The Morgan fingerprint density at radius 3 is 2.40 bits per heavy atom. The fraction of sp³-hybridized carbons (Fsp3) is 0.250. The van der Waals surface area contributed by atoms with Crippen molar-refractivity contribution in [1.29, 1.82) is 0 Å². The Balaban J connectivity index is 2.45. The van der Waals surface area contributed by atoms with Crippen LogP contribution < -0.4 is 5.73 Å². The molecule has 2 rings (SSSR count). The summed E-state index contributed by atoms with van der Waals surface area (Å²) in [5.41, 5.74) is 9.82. The van der Waals surface area contributed by atoms with Gasteiger partial charge < -0.3 is 10.3 Å². The number of rotatable bonds is 2. The van der Waals surface area contributed by atoms with Crippen LogP contribution in [0.1, 0.15) is 18.2 Å². The van der Waals surface area contributed by atoms with Crippen LogP contribution in [0.2, 0.25) is 0 Å². The van der Waals surface area contributed by atoms with E-state index in [1.807, 2.05) is 6.92 Å². The molecule has 1 heterocycles. The van der Waals surface area contributed by atoms with Crippen LogP contribution in [0.3, 0.4) is 0 Å². The lowest BCUT2D eigenvalue weighted by atomic mass is 10.0. The van der Waals surface area contributed by atoms with E-state index >= 15 is 0 Å². The highest BCUT2D eigenvalue weighted by molar-refractivity contribution is 5.74. The second-order valence-electron chi connectivity index (χ2n) is 3.56. The molecule has 0 spiro atoms. The van der Waals surface area contributed by atoms with Gasteiger partial charge in [-0.1, -0.05) is 36.3 Å². The van der Waals surface area contributed by atoms with Crippen LogP contribution >= 0.6 is 0 Å². The molecule has 2 N–H and O–H groups in total. The van der Waals surface area contributed by atoms with Gasteiger partial charge in [-0.05, 0) is 24.5 Å². The van der Waals surface area contributed by atoms with Gasteiger partial charge in [-0.2, -0.15) is 0 Å². The van der Waals surface area contributed by atoms with Gasteiger partial charge in [0, 0.05) is 0 Å². The molecular formula is C12H14N2O. The fourth-order valence-electron chi connectivity index (χ4n) is 1.65. The average Bonchev–Trinajstić information content (AvgIpc) is 2.59. The van der Waals surface area contributed by atoms with Crippen LogP contribution in [-0.4, -0.2) is 5.16 Å². The third-order valence-electron chi connectivity index (χ3n) is 2.54. The number of nitrogen functional groups attached to an aromatic ring is 1. The van der Waals surface area contributed by atoms with Crippen molar-refractivity contribution in [2.45, 2.75) is 20.3 Å². The molecule has 0 aliphatic rings. The maximum absolute atomic E-state index is 5.71. The summed E-state index contributed by atoms with van der Waals surface area (Å²) in [5.74, 6) is 0.386. The lowest BCUT2D eigenvalue weighted by molar-refractivity contribution is 0.431. The first-order chi connectivity index (χ1) is 7.22. The number of aryl methyl sites for hydroxylation is 2. The second kappa shape index (κ2) is 3.77. The Morgan fingerprint density at radius 2 is 1.93 bits per heavy atom. The molecule has 0 amide bonds. The first kappa shape index (κ1) is 9.77. The molecule has 15 heavy (non-hydrogen) atoms.